The normalized spacial score (nSPS) is 23.9. The van der Waals surface area contributed by atoms with Crippen molar-refractivity contribution < 1.29 is 18.3 Å². The van der Waals surface area contributed by atoms with Gasteiger partial charge in [-0.1, -0.05) is 51.1 Å². The molecule has 0 N–H and O–H groups in total. The van der Waals surface area contributed by atoms with E-state index in [4.69, 9.17) is 4.74 Å². The van der Waals surface area contributed by atoms with Gasteiger partial charge in [-0.2, -0.15) is 10.5 Å². The first-order valence-corrected chi connectivity index (χ1v) is 18.9. The van der Waals surface area contributed by atoms with Gasteiger partial charge in [-0.25, -0.2) is 8.78 Å². The number of fused-ring (bicyclic) bond motifs is 1. The standard InChI is InChI=1S/C45H50F2N2O2/c1-28(50)7-5-8-29-9-6-10-40(19-29)51-42-25-37(45(2,3)4)24-35-23-36(26-48)41(27-49)43(44(35)42)34-21-32(30-11-15-38(46)16-12-30)20-33(22-34)31-13-17-39(47)18-14-31/h6,9-10,19-21,23-25,30-31,33,38-39H,5,7-8,11-18,22H2,1-4H3. The summed E-state index contributed by atoms with van der Waals surface area (Å²) in [5.41, 5.74) is 5.47. The second-order valence-electron chi connectivity index (χ2n) is 16.2. The largest absolute Gasteiger partial charge is 0.457 e. The van der Waals surface area contributed by atoms with E-state index in [9.17, 15) is 24.1 Å². The maximum atomic E-state index is 14.3. The lowest BCUT2D eigenvalue weighted by molar-refractivity contribution is -0.117. The van der Waals surface area contributed by atoms with Crippen LogP contribution in [0.5, 0.6) is 11.5 Å². The fourth-order valence-electron chi connectivity index (χ4n) is 8.47. The van der Waals surface area contributed by atoms with E-state index in [0.29, 0.717) is 67.1 Å². The molecule has 3 aliphatic carbocycles. The number of aryl methyl sites for hydroxylation is 1. The lowest BCUT2D eigenvalue weighted by atomic mass is 9.70. The Bertz CT molecular complexity index is 1920. The van der Waals surface area contributed by atoms with Crippen LogP contribution >= 0.6 is 0 Å². The maximum Gasteiger partial charge on any atom is 0.136 e. The van der Waals surface area contributed by atoms with Gasteiger partial charge in [0, 0.05) is 17.4 Å². The first kappa shape index (κ1) is 36.5. The monoisotopic (exact) mass is 688 g/mol. The molecule has 2 saturated carbocycles. The average Bonchev–Trinajstić information content (AvgIpc) is 3.10. The molecule has 1 atom stereocenters. The Hall–Kier alpha value is -4.29. The fourth-order valence-corrected chi connectivity index (χ4v) is 8.47. The molecule has 2 fully saturated rings. The second-order valence-corrected chi connectivity index (χ2v) is 16.2. The van der Waals surface area contributed by atoms with Crippen LogP contribution in [-0.4, -0.2) is 18.1 Å². The predicted molar refractivity (Wildman–Crippen MR) is 200 cm³/mol. The van der Waals surface area contributed by atoms with E-state index < -0.39 is 12.3 Å². The molecule has 0 aromatic heterocycles. The number of nitriles is 2. The maximum absolute atomic E-state index is 14.3. The molecule has 1 unspecified atom stereocenters. The van der Waals surface area contributed by atoms with E-state index in [0.717, 1.165) is 71.6 Å². The number of ether oxygens (including phenoxy) is 1. The molecule has 0 saturated heterocycles. The number of Topliss-reactive ketones (excluding diaryl/α,β-unsaturated/α-hetero) is 1. The molecule has 3 aromatic carbocycles. The molecular weight excluding hydrogens is 639 g/mol. The molecule has 51 heavy (non-hydrogen) atoms. The van der Waals surface area contributed by atoms with Crippen molar-refractivity contribution >= 4 is 22.1 Å². The highest BCUT2D eigenvalue weighted by Crippen LogP contribution is 2.48. The van der Waals surface area contributed by atoms with Gasteiger partial charge in [0.15, 0.2) is 0 Å². The summed E-state index contributed by atoms with van der Waals surface area (Å²) in [5, 5.41) is 22.8. The van der Waals surface area contributed by atoms with Gasteiger partial charge in [0.1, 0.15) is 41.8 Å². The van der Waals surface area contributed by atoms with Crippen LogP contribution in [0.15, 0.2) is 60.2 Å². The Morgan fingerprint density at radius 3 is 2.27 bits per heavy atom. The number of rotatable bonds is 9. The van der Waals surface area contributed by atoms with Crippen LogP contribution in [-0.2, 0) is 16.6 Å². The molecule has 0 amide bonds. The summed E-state index contributed by atoms with van der Waals surface area (Å²) < 4.78 is 35.5. The fraction of sp³-hybridized carbons (Fsp3) is 0.489. The topological polar surface area (TPSA) is 73.9 Å². The first-order valence-electron chi connectivity index (χ1n) is 18.9. The number of hydrogen-bond acceptors (Lipinski definition) is 4. The number of halogens is 2. The van der Waals surface area contributed by atoms with Crippen molar-refractivity contribution in [3.05, 3.63) is 88.0 Å². The van der Waals surface area contributed by atoms with Gasteiger partial charge in [0.05, 0.1) is 11.1 Å². The number of hydrogen-bond donors (Lipinski definition) is 0. The second kappa shape index (κ2) is 15.5. The third-order valence-electron chi connectivity index (χ3n) is 11.4. The molecule has 0 heterocycles. The SMILES string of the molecule is CC(=O)CCCc1cccc(Oc2cc(C(C)(C)C)cc3cc(C#N)c(C#N)c(C4=CC(C5CCC(F)CC5)=CC(C5CCC(F)CC5)C4)c23)c1. The Morgan fingerprint density at radius 1 is 0.922 bits per heavy atom. The van der Waals surface area contributed by atoms with E-state index in [1.54, 1.807) is 6.92 Å². The van der Waals surface area contributed by atoms with Crippen LogP contribution in [0.1, 0.15) is 126 Å². The lowest BCUT2D eigenvalue weighted by Crippen LogP contribution is -2.25. The predicted octanol–water partition coefficient (Wildman–Crippen LogP) is 12.0. The van der Waals surface area contributed by atoms with E-state index in [1.807, 2.05) is 30.3 Å². The highest BCUT2D eigenvalue weighted by Gasteiger charge is 2.34. The number of alkyl halides is 2. The molecule has 4 nitrogen and oxygen atoms in total. The van der Waals surface area contributed by atoms with Crippen molar-refractivity contribution in [3.8, 4) is 23.6 Å². The lowest BCUT2D eigenvalue weighted by Gasteiger charge is -2.36. The number of nitrogens with zero attached hydrogens (tertiary/aromatic N) is 2. The third-order valence-corrected chi connectivity index (χ3v) is 11.4. The van der Waals surface area contributed by atoms with E-state index in [2.05, 4.69) is 57.2 Å². The van der Waals surface area contributed by atoms with Crippen molar-refractivity contribution in [2.75, 3.05) is 0 Å². The molecular formula is C45H50F2N2O2. The molecule has 3 aromatic rings. The summed E-state index contributed by atoms with van der Waals surface area (Å²) in [5.74, 6) is 2.16. The highest BCUT2D eigenvalue weighted by atomic mass is 19.1. The minimum absolute atomic E-state index is 0.160. The molecule has 6 rings (SSSR count). The summed E-state index contributed by atoms with van der Waals surface area (Å²) in [6.45, 7) is 8.05. The summed E-state index contributed by atoms with van der Waals surface area (Å²) in [6, 6.07) is 18.7. The molecule has 266 valence electrons. The van der Waals surface area contributed by atoms with Crippen molar-refractivity contribution in [3.63, 3.8) is 0 Å². The third kappa shape index (κ3) is 8.44. The average molecular weight is 689 g/mol. The quantitative estimate of drug-likeness (QED) is 0.224. The smallest absolute Gasteiger partial charge is 0.136 e. The zero-order valence-electron chi connectivity index (χ0n) is 30.5. The summed E-state index contributed by atoms with van der Waals surface area (Å²) >= 11 is 0. The van der Waals surface area contributed by atoms with Gasteiger partial charge >= 0.3 is 0 Å². The van der Waals surface area contributed by atoms with Crippen LogP contribution in [0, 0.1) is 40.4 Å². The van der Waals surface area contributed by atoms with Crippen LogP contribution < -0.4 is 4.74 Å². The van der Waals surface area contributed by atoms with Crippen molar-refractivity contribution in [2.24, 2.45) is 17.8 Å². The molecule has 0 aliphatic heterocycles. The minimum Gasteiger partial charge on any atom is -0.457 e. The van der Waals surface area contributed by atoms with Crippen LogP contribution in [0.4, 0.5) is 8.78 Å². The van der Waals surface area contributed by atoms with E-state index in [1.165, 1.54) is 5.57 Å². The minimum atomic E-state index is -0.768. The van der Waals surface area contributed by atoms with Gasteiger partial charge < -0.3 is 9.53 Å². The van der Waals surface area contributed by atoms with Crippen molar-refractivity contribution in [1.29, 1.82) is 10.5 Å². The van der Waals surface area contributed by atoms with Crippen molar-refractivity contribution in [2.45, 2.75) is 123 Å². The molecule has 0 bridgehead atoms. The summed E-state index contributed by atoms with van der Waals surface area (Å²) in [6.07, 6.45) is 11.2. The number of allylic oxidation sites excluding steroid dienone is 4. The van der Waals surface area contributed by atoms with Crippen LogP contribution in [0.2, 0.25) is 0 Å². The van der Waals surface area contributed by atoms with E-state index >= 15 is 0 Å². The number of carbonyl (C=O) groups is 1. The number of ketones is 1. The number of benzene rings is 3. The Balaban J connectivity index is 1.53. The zero-order chi connectivity index (χ0) is 36.3. The summed E-state index contributed by atoms with van der Waals surface area (Å²) in [4.78, 5) is 11.6. The van der Waals surface area contributed by atoms with Gasteiger partial charge in [-0.05, 0) is 153 Å². The molecule has 6 heteroatoms. The Kier molecular flexibility index (Phi) is 11.1. The van der Waals surface area contributed by atoms with Gasteiger partial charge in [0.2, 0.25) is 0 Å². The van der Waals surface area contributed by atoms with Gasteiger partial charge in [-0.15, -0.1) is 0 Å². The molecule has 0 radical (unpaired) electrons. The molecule has 3 aliphatic rings. The van der Waals surface area contributed by atoms with Gasteiger partial charge in [-0.3, -0.25) is 0 Å². The van der Waals surface area contributed by atoms with Crippen molar-refractivity contribution in [1.82, 2.24) is 0 Å². The Morgan fingerprint density at radius 2 is 1.63 bits per heavy atom. The summed E-state index contributed by atoms with van der Waals surface area (Å²) in [7, 11) is 0. The Labute approximate surface area is 302 Å². The van der Waals surface area contributed by atoms with Crippen LogP contribution in [0.3, 0.4) is 0 Å². The van der Waals surface area contributed by atoms with Crippen LogP contribution in [0.25, 0.3) is 16.3 Å². The first-order chi connectivity index (χ1) is 24.4. The van der Waals surface area contributed by atoms with Gasteiger partial charge in [0.25, 0.3) is 0 Å². The molecule has 0 spiro atoms. The highest BCUT2D eigenvalue weighted by molar-refractivity contribution is 6.02. The zero-order valence-corrected chi connectivity index (χ0v) is 30.5. The number of carbonyl (C=O) groups excluding carboxylic acids is 1. The van der Waals surface area contributed by atoms with E-state index in [-0.39, 0.29) is 23.0 Å².